The number of para-hydroxylation sites is 1. The van der Waals surface area contributed by atoms with Crippen LogP contribution in [0.2, 0.25) is 0 Å². The number of rotatable bonds is 10. The first-order valence-corrected chi connectivity index (χ1v) is 15.2. The zero-order valence-electron chi connectivity index (χ0n) is 26.2. The summed E-state index contributed by atoms with van der Waals surface area (Å²) in [4.78, 5) is 45.2. The van der Waals surface area contributed by atoms with E-state index in [4.69, 9.17) is 24.3 Å². The van der Waals surface area contributed by atoms with E-state index in [1.807, 2.05) is 57.2 Å². The maximum Gasteiger partial charge on any atom is 0.407 e. The lowest BCUT2D eigenvalue weighted by atomic mass is 10.1. The van der Waals surface area contributed by atoms with Gasteiger partial charge in [-0.15, -0.1) is 5.10 Å². The molecule has 1 aliphatic heterocycles. The summed E-state index contributed by atoms with van der Waals surface area (Å²) < 4.78 is 18.1. The van der Waals surface area contributed by atoms with Gasteiger partial charge in [0.15, 0.2) is 11.5 Å². The second kappa shape index (κ2) is 13.9. The van der Waals surface area contributed by atoms with E-state index in [9.17, 15) is 14.4 Å². The SMILES string of the molecule is CCOC(=O)Cc1ccccc1OC(=O)c1nc(-c2cccc(CNC(=O)OC(C)(C)C)c2)nn2c(CN3CCCC3)ccc12. The molecule has 0 saturated carbocycles. The fourth-order valence-electron chi connectivity index (χ4n) is 5.18. The normalized spacial score (nSPS) is 13.5. The molecule has 4 aromatic rings. The van der Waals surface area contributed by atoms with E-state index in [1.54, 1.807) is 35.7 Å². The van der Waals surface area contributed by atoms with E-state index in [0.717, 1.165) is 37.2 Å². The Labute approximate surface area is 262 Å². The van der Waals surface area contributed by atoms with Crippen molar-refractivity contribution in [3.8, 4) is 17.1 Å². The molecular formula is C34H39N5O6. The zero-order chi connectivity index (χ0) is 32.0. The van der Waals surface area contributed by atoms with Crippen molar-refractivity contribution in [1.82, 2.24) is 24.8 Å². The second-order valence-electron chi connectivity index (χ2n) is 11.9. The molecule has 0 bridgehead atoms. The Morgan fingerprint density at radius 1 is 0.978 bits per heavy atom. The minimum atomic E-state index is -0.673. The fraction of sp³-hybridized carbons (Fsp3) is 0.382. The van der Waals surface area contributed by atoms with Crippen molar-refractivity contribution >= 4 is 23.5 Å². The van der Waals surface area contributed by atoms with E-state index >= 15 is 0 Å². The maximum atomic E-state index is 13.8. The van der Waals surface area contributed by atoms with Crippen molar-refractivity contribution in [2.45, 2.75) is 65.6 Å². The Bertz CT molecular complexity index is 1690. The molecule has 0 atom stereocenters. The third-order valence-electron chi connectivity index (χ3n) is 7.20. The summed E-state index contributed by atoms with van der Waals surface area (Å²) in [7, 11) is 0. The number of hydrogen-bond donors (Lipinski definition) is 1. The van der Waals surface area contributed by atoms with Crippen LogP contribution < -0.4 is 10.1 Å². The van der Waals surface area contributed by atoms with Crippen LogP contribution in [0.15, 0.2) is 60.7 Å². The van der Waals surface area contributed by atoms with Crippen molar-refractivity contribution in [2.75, 3.05) is 19.7 Å². The number of hydrogen-bond acceptors (Lipinski definition) is 9. The molecule has 1 aliphatic rings. The number of likely N-dealkylation sites (tertiary alicyclic amines) is 1. The van der Waals surface area contributed by atoms with Crippen molar-refractivity contribution in [2.24, 2.45) is 0 Å². The maximum absolute atomic E-state index is 13.8. The van der Waals surface area contributed by atoms with E-state index < -0.39 is 23.6 Å². The minimum absolute atomic E-state index is 0.0308. The van der Waals surface area contributed by atoms with E-state index in [0.29, 0.717) is 29.0 Å². The summed E-state index contributed by atoms with van der Waals surface area (Å²) in [5.41, 5.74) is 2.93. The van der Waals surface area contributed by atoms with Gasteiger partial charge in [-0.05, 0) is 83.5 Å². The van der Waals surface area contributed by atoms with Crippen LogP contribution in [-0.4, -0.2) is 62.8 Å². The molecule has 3 heterocycles. The van der Waals surface area contributed by atoms with Gasteiger partial charge in [0.25, 0.3) is 0 Å². The third kappa shape index (κ3) is 8.24. The molecule has 0 radical (unpaired) electrons. The first-order chi connectivity index (χ1) is 21.6. The molecule has 0 spiro atoms. The summed E-state index contributed by atoms with van der Waals surface area (Å²) in [5.74, 6) is -0.499. The summed E-state index contributed by atoms with van der Waals surface area (Å²) >= 11 is 0. The molecule has 2 aromatic heterocycles. The summed E-state index contributed by atoms with van der Waals surface area (Å²) in [6, 6.07) is 18.1. The summed E-state index contributed by atoms with van der Waals surface area (Å²) in [5, 5.41) is 7.63. The van der Waals surface area contributed by atoms with Crippen molar-refractivity contribution < 1.29 is 28.6 Å². The van der Waals surface area contributed by atoms with Crippen LogP contribution in [-0.2, 0) is 33.8 Å². The second-order valence-corrected chi connectivity index (χ2v) is 11.9. The highest BCUT2D eigenvalue weighted by Gasteiger charge is 2.23. The van der Waals surface area contributed by atoms with Gasteiger partial charge < -0.3 is 19.5 Å². The van der Waals surface area contributed by atoms with Gasteiger partial charge in [0, 0.05) is 24.2 Å². The lowest BCUT2D eigenvalue weighted by molar-refractivity contribution is -0.142. The number of carbonyl (C=O) groups excluding carboxylic acids is 3. The first-order valence-electron chi connectivity index (χ1n) is 15.2. The molecule has 1 N–H and O–H groups in total. The van der Waals surface area contributed by atoms with Gasteiger partial charge in [-0.25, -0.2) is 19.1 Å². The van der Waals surface area contributed by atoms with Gasteiger partial charge in [0.2, 0.25) is 0 Å². The molecule has 11 heteroatoms. The number of esters is 2. The molecule has 1 amide bonds. The molecule has 1 saturated heterocycles. The van der Waals surface area contributed by atoms with Gasteiger partial charge in [-0.1, -0.05) is 36.4 Å². The van der Waals surface area contributed by atoms with Gasteiger partial charge in [-0.2, -0.15) is 0 Å². The van der Waals surface area contributed by atoms with Crippen LogP contribution in [0.1, 0.15) is 67.8 Å². The number of alkyl carbamates (subject to hydrolysis) is 1. The molecule has 0 aliphatic carbocycles. The van der Waals surface area contributed by atoms with Crippen LogP contribution in [0.4, 0.5) is 4.79 Å². The molecular weight excluding hydrogens is 574 g/mol. The standard InChI is InChI=1S/C34H39N5O6/c1-5-43-29(40)20-24-12-6-7-14-28(24)44-32(41)30-27-16-15-26(22-38-17-8-9-18-38)39(27)37-31(36-30)25-13-10-11-23(19-25)21-35-33(42)45-34(2,3)4/h6-7,10-16,19H,5,8-9,17-18,20-22H2,1-4H3,(H,35,42). The molecule has 45 heavy (non-hydrogen) atoms. The average molecular weight is 614 g/mol. The minimum Gasteiger partial charge on any atom is -0.466 e. The Morgan fingerprint density at radius 2 is 1.76 bits per heavy atom. The number of carbonyl (C=O) groups is 3. The number of nitrogens with one attached hydrogen (secondary N) is 1. The van der Waals surface area contributed by atoms with E-state index in [1.165, 1.54) is 0 Å². The van der Waals surface area contributed by atoms with Gasteiger partial charge in [0.05, 0.1) is 24.2 Å². The molecule has 1 fully saturated rings. The Kier molecular flexibility index (Phi) is 9.77. The first kappa shape index (κ1) is 31.6. The predicted molar refractivity (Wildman–Crippen MR) is 168 cm³/mol. The van der Waals surface area contributed by atoms with E-state index in [2.05, 4.69) is 10.2 Å². The van der Waals surface area contributed by atoms with Crippen LogP contribution >= 0.6 is 0 Å². The zero-order valence-corrected chi connectivity index (χ0v) is 26.2. The average Bonchev–Trinajstić information content (AvgIpc) is 3.66. The van der Waals surface area contributed by atoms with E-state index in [-0.39, 0.29) is 31.0 Å². The fourth-order valence-corrected chi connectivity index (χ4v) is 5.18. The number of aromatic nitrogens is 3. The highest BCUT2D eigenvalue weighted by atomic mass is 16.6. The van der Waals surface area contributed by atoms with Crippen LogP contribution in [0.25, 0.3) is 16.9 Å². The molecule has 0 unspecified atom stereocenters. The predicted octanol–water partition coefficient (Wildman–Crippen LogP) is 5.34. The van der Waals surface area contributed by atoms with Crippen LogP contribution in [0, 0.1) is 0 Å². The monoisotopic (exact) mass is 613 g/mol. The number of ether oxygens (including phenoxy) is 3. The summed E-state index contributed by atoms with van der Waals surface area (Å²) in [6.07, 6.45) is 1.75. The lowest BCUT2D eigenvalue weighted by Crippen LogP contribution is -2.32. The molecule has 236 valence electrons. The Hall–Kier alpha value is -4.77. The van der Waals surface area contributed by atoms with Crippen molar-refractivity contribution in [3.05, 3.63) is 83.2 Å². The highest BCUT2D eigenvalue weighted by molar-refractivity contribution is 5.96. The number of amides is 1. The number of benzene rings is 2. The third-order valence-corrected chi connectivity index (χ3v) is 7.20. The molecule has 5 rings (SSSR count). The van der Waals surface area contributed by atoms with Gasteiger partial charge in [0.1, 0.15) is 11.4 Å². The lowest BCUT2D eigenvalue weighted by Gasteiger charge is -2.19. The van der Waals surface area contributed by atoms with Crippen molar-refractivity contribution in [3.63, 3.8) is 0 Å². The van der Waals surface area contributed by atoms with Crippen LogP contribution in [0.3, 0.4) is 0 Å². The molecule has 2 aromatic carbocycles. The largest absolute Gasteiger partial charge is 0.466 e. The Morgan fingerprint density at radius 3 is 2.51 bits per heavy atom. The smallest absolute Gasteiger partial charge is 0.407 e. The van der Waals surface area contributed by atoms with Crippen LogP contribution in [0.5, 0.6) is 5.75 Å². The topological polar surface area (TPSA) is 124 Å². The highest BCUT2D eigenvalue weighted by Crippen LogP contribution is 2.25. The number of nitrogens with zero attached hydrogens (tertiary/aromatic N) is 4. The van der Waals surface area contributed by atoms with Crippen molar-refractivity contribution in [1.29, 1.82) is 0 Å². The summed E-state index contributed by atoms with van der Waals surface area (Å²) in [6.45, 7) is 10.3. The van der Waals surface area contributed by atoms with Gasteiger partial charge in [-0.3, -0.25) is 9.69 Å². The van der Waals surface area contributed by atoms with Gasteiger partial charge >= 0.3 is 18.0 Å². The molecule has 11 nitrogen and oxygen atoms in total. The number of fused-ring (bicyclic) bond motifs is 1. The quantitative estimate of drug-likeness (QED) is 0.186. The Balaban J connectivity index is 1.48.